The molecule has 2 aromatic carbocycles. The standard InChI is InChI=1S/C19H13ClN2/c1-12-9-16-15(6-4-7-17(16)20)19(22-12)14-10-13-5-2-3-8-18(13)21-11-14/h2-11H,1H3. The lowest BCUT2D eigenvalue weighted by atomic mass is 10.0. The van der Waals surface area contributed by atoms with Crippen molar-refractivity contribution < 1.29 is 0 Å². The second-order valence-corrected chi connectivity index (χ2v) is 5.77. The van der Waals surface area contributed by atoms with Crippen LogP contribution in [0, 0.1) is 6.92 Å². The van der Waals surface area contributed by atoms with Crippen molar-refractivity contribution in [2.24, 2.45) is 0 Å². The molecular formula is C19H13ClN2. The molecule has 4 rings (SSSR count). The molecule has 0 spiro atoms. The lowest BCUT2D eigenvalue weighted by molar-refractivity contribution is 1.22. The summed E-state index contributed by atoms with van der Waals surface area (Å²) < 4.78 is 0. The van der Waals surface area contributed by atoms with E-state index in [1.165, 1.54) is 0 Å². The molecule has 0 saturated carbocycles. The zero-order valence-electron chi connectivity index (χ0n) is 12.0. The first-order valence-electron chi connectivity index (χ1n) is 7.13. The van der Waals surface area contributed by atoms with Gasteiger partial charge in [-0.15, -0.1) is 0 Å². The van der Waals surface area contributed by atoms with Crippen molar-refractivity contribution in [2.45, 2.75) is 6.92 Å². The minimum atomic E-state index is 0.748. The van der Waals surface area contributed by atoms with Crippen LogP contribution in [0.3, 0.4) is 0 Å². The number of halogens is 1. The van der Waals surface area contributed by atoms with Gasteiger partial charge in [-0.25, -0.2) is 0 Å². The van der Waals surface area contributed by atoms with Gasteiger partial charge in [0.15, 0.2) is 0 Å². The molecule has 0 saturated heterocycles. The van der Waals surface area contributed by atoms with Crippen LogP contribution >= 0.6 is 11.6 Å². The number of fused-ring (bicyclic) bond motifs is 2. The second-order valence-electron chi connectivity index (χ2n) is 5.36. The van der Waals surface area contributed by atoms with Crippen molar-refractivity contribution in [1.29, 1.82) is 0 Å². The molecular weight excluding hydrogens is 292 g/mol. The molecule has 0 radical (unpaired) electrons. The Morgan fingerprint density at radius 1 is 0.909 bits per heavy atom. The van der Waals surface area contributed by atoms with Gasteiger partial charge in [0.1, 0.15) is 0 Å². The van der Waals surface area contributed by atoms with E-state index < -0.39 is 0 Å². The molecule has 0 N–H and O–H groups in total. The maximum atomic E-state index is 6.34. The molecule has 0 aliphatic rings. The van der Waals surface area contributed by atoms with Gasteiger partial charge in [-0.2, -0.15) is 0 Å². The first-order chi connectivity index (χ1) is 10.7. The SMILES string of the molecule is Cc1cc2c(Cl)cccc2c(-c2cnc3ccccc3c2)n1. The van der Waals surface area contributed by atoms with Crippen LogP contribution < -0.4 is 0 Å². The first-order valence-corrected chi connectivity index (χ1v) is 7.51. The number of hydrogen-bond acceptors (Lipinski definition) is 2. The van der Waals surface area contributed by atoms with Crippen molar-refractivity contribution in [2.75, 3.05) is 0 Å². The Hall–Kier alpha value is -2.45. The number of aryl methyl sites for hydroxylation is 1. The summed E-state index contributed by atoms with van der Waals surface area (Å²) in [6, 6.07) is 18.2. The summed E-state index contributed by atoms with van der Waals surface area (Å²) in [5, 5.41) is 3.94. The predicted molar refractivity (Wildman–Crippen MR) is 92.2 cm³/mol. The highest BCUT2D eigenvalue weighted by Crippen LogP contribution is 2.32. The van der Waals surface area contributed by atoms with Crippen molar-refractivity contribution >= 4 is 33.3 Å². The van der Waals surface area contributed by atoms with Gasteiger partial charge in [0.2, 0.25) is 0 Å². The minimum absolute atomic E-state index is 0.748. The summed E-state index contributed by atoms with van der Waals surface area (Å²) in [5.74, 6) is 0. The van der Waals surface area contributed by atoms with Crippen molar-refractivity contribution in [3.63, 3.8) is 0 Å². The Balaban J connectivity index is 2.05. The lowest BCUT2D eigenvalue weighted by Crippen LogP contribution is -1.91. The average molecular weight is 305 g/mol. The van der Waals surface area contributed by atoms with Gasteiger partial charge < -0.3 is 0 Å². The number of aromatic nitrogens is 2. The Morgan fingerprint density at radius 3 is 2.68 bits per heavy atom. The zero-order valence-corrected chi connectivity index (χ0v) is 12.8. The van der Waals surface area contributed by atoms with Gasteiger partial charge in [-0.1, -0.05) is 41.9 Å². The highest BCUT2D eigenvalue weighted by molar-refractivity contribution is 6.35. The Kier molecular flexibility index (Phi) is 3.05. The summed E-state index contributed by atoms with van der Waals surface area (Å²) in [5.41, 5.74) is 3.87. The Bertz CT molecular complexity index is 1010. The molecule has 2 aromatic heterocycles. The summed E-state index contributed by atoms with van der Waals surface area (Å²) in [7, 11) is 0. The van der Waals surface area contributed by atoms with Crippen molar-refractivity contribution in [3.05, 3.63) is 71.5 Å². The fourth-order valence-corrected chi connectivity index (χ4v) is 3.02. The largest absolute Gasteiger partial charge is 0.256 e. The number of benzene rings is 2. The molecule has 0 amide bonds. The van der Waals surface area contributed by atoms with Gasteiger partial charge in [-0.05, 0) is 31.2 Å². The fraction of sp³-hybridized carbons (Fsp3) is 0.0526. The quantitative estimate of drug-likeness (QED) is 0.470. The molecule has 0 atom stereocenters. The Morgan fingerprint density at radius 2 is 1.77 bits per heavy atom. The van der Waals surface area contributed by atoms with Crippen LogP contribution in [0.25, 0.3) is 32.9 Å². The van der Waals surface area contributed by atoms with Crippen molar-refractivity contribution in [3.8, 4) is 11.3 Å². The van der Waals surface area contributed by atoms with Crippen LogP contribution in [0.2, 0.25) is 5.02 Å². The van der Waals surface area contributed by atoms with E-state index in [1.54, 1.807) is 0 Å². The molecule has 0 aliphatic carbocycles. The summed E-state index contributed by atoms with van der Waals surface area (Å²) in [6.45, 7) is 1.99. The van der Waals surface area contributed by atoms with E-state index in [0.29, 0.717) is 0 Å². The summed E-state index contributed by atoms with van der Waals surface area (Å²) >= 11 is 6.34. The number of rotatable bonds is 1. The lowest BCUT2D eigenvalue weighted by Gasteiger charge is -2.09. The zero-order chi connectivity index (χ0) is 15.1. The third-order valence-corrected chi connectivity index (χ3v) is 4.14. The molecule has 4 aromatic rings. The highest BCUT2D eigenvalue weighted by atomic mass is 35.5. The maximum Gasteiger partial charge on any atom is 0.0799 e. The molecule has 3 heteroatoms. The van der Waals surface area contributed by atoms with Crippen LogP contribution in [0.15, 0.2) is 60.8 Å². The van der Waals surface area contributed by atoms with Crippen LogP contribution in [0.4, 0.5) is 0 Å². The smallest absolute Gasteiger partial charge is 0.0799 e. The Labute approximate surface area is 133 Å². The minimum Gasteiger partial charge on any atom is -0.256 e. The molecule has 0 unspecified atom stereocenters. The van der Waals surface area contributed by atoms with Gasteiger partial charge >= 0.3 is 0 Å². The van der Waals surface area contributed by atoms with E-state index in [4.69, 9.17) is 16.6 Å². The monoisotopic (exact) mass is 304 g/mol. The van der Waals surface area contributed by atoms with Crippen LogP contribution in [0.5, 0.6) is 0 Å². The number of hydrogen-bond donors (Lipinski definition) is 0. The highest BCUT2D eigenvalue weighted by Gasteiger charge is 2.10. The third kappa shape index (κ3) is 2.13. The normalized spacial score (nSPS) is 11.2. The number of para-hydroxylation sites is 1. The average Bonchev–Trinajstić information content (AvgIpc) is 2.55. The predicted octanol–water partition coefficient (Wildman–Crippen LogP) is 5.41. The third-order valence-electron chi connectivity index (χ3n) is 3.81. The van der Waals surface area contributed by atoms with E-state index in [9.17, 15) is 0 Å². The molecule has 0 bridgehead atoms. The summed E-state index contributed by atoms with van der Waals surface area (Å²) in [4.78, 5) is 9.26. The van der Waals surface area contributed by atoms with Crippen LogP contribution in [-0.2, 0) is 0 Å². The molecule has 2 heterocycles. The molecule has 22 heavy (non-hydrogen) atoms. The molecule has 0 fully saturated rings. The van der Waals surface area contributed by atoms with Gasteiger partial charge in [-0.3, -0.25) is 9.97 Å². The second kappa shape index (κ2) is 5.08. The van der Waals surface area contributed by atoms with Gasteiger partial charge in [0.05, 0.1) is 11.2 Å². The van der Waals surface area contributed by atoms with Gasteiger partial charge in [0.25, 0.3) is 0 Å². The number of pyridine rings is 2. The van der Waals surface area contributed by atoms with E-state index in [-0.39, 0.29) is 0 Å². The summed E-state index contributed by atoms with van der Waals surface area (Å²) in [6.07, 6.45) is 1.88. The fourth-order valence-electron chi connectivity index (χ4n) is 2.79. The molecule has 106 valence electrons. The topological polar surface area (TPSA) is 25.8 Å². The van der Waals surface area contributed by atoms with Crippen LogP contribution in [-0.4, -0.2) is 9.97 Å². The molecule has 2 nitrogen and oxygen atoms in total. The van der Waals surface area contributed by atoms with E-state index in [2.05, 4.69) is 23.2 Å². The van der Waals surface area contributed by atoms with E-state index in [1.807, 2.05) is 49.5 Å². The molecule has 0 aliphatic heterocycles. The van der Waals surface area contributed by atoms with Crippen molar-refractivity contribution in [1.82, 2.24) is 9.97 Å². The van der Waals surface area contributed by atoms with E-state index in [0.717, 1.165) is 43.6 Å². The number of nitrogens with zero attached hydrogens (tertiary/aromatic N) is 2. The van der Waals surface area contributed by atoms with Gasteiger partial charge in [0, 0.05) is 38.6 Å². The van der Waals surface area contributed by atoms with E-state index >= 15 is 0 Å². The maximum absolute atomic E-state index is 6.34. The van der Waals surface area contributed by atoms with Crippen LogP contribution in [0.1, 0.15) is 5.69 Å². The first kappa shape index (κ1) is 13.2.